The first kappa shape index (κ1) is 14.3. The van der Waals surface area contributed by atoms with Crippen LogP contribution in [0.3, 0.4) is 0 Å². The molecule has 2 unspecified atom stereocenters. The molecule has 1 aromatic carbocycles. The molecule has 0 saturated heterocycles. The van der Waals surface area contributed by atoms with Gasteiger partial charge in [0, 0.05) is 5.56 Å². The second-order valence-electron chi connectivity index (χ2n) is 5.38. The van der Waals surface area contributed by atoms with E-state index < -0.39 is 15.1 Å². The molecule has 0 bridgehead atoms. The van der Waals surface area contributed by atoms with E-state index in [1.165, 1.54) is 0 Å². The molecule has 0 amide bonds. The van der Waals surface area contributed by atoms with E-state index in [9.17, 15) is 8.42 Å². The summed E-state index contributed by atoms with van der Waals surface area (Å²) in [5.41, 5.74) is 0.925. The summed E-state index contributed by atoms with van der Waals surface area (Å²) in [6.07, 6.45) is 0. The number of fused-ring (bicyclic) bond motifs is 1. The summed E-state index contributed by atoms with van der Waals surface area (Å²) >= 11 is 0. The molecule has 1 aromatic rings. The van der Waals surface area contributed by atoms with E-state index in [0.717, 1.165) is 11.3 Å². The number of sulfone groups is 1. The first-order valence-electron chi connectivity index (χ1n) is 6.56. The predicted molar refractivity (Wildman–Crippen MR) is 76.2 cm³/mol. The van der Waals surface area contributed by atoms with Crippen LogP contribution in [0.4, 0.5) is 0 Å². The second kappa shape index (κ2) is 5.51. The minimum absolute atomic E-state index is 0.125. The van der Waals surface area contributed by atoms with Gasteiger partial charge in [0.25, 0.3) is 0 Å². The van der Waals surface area contributed by atoms with Crippen molar-refractivity contribution in [2.75, 3.05) is 19.4 Å². The Bertz CT molecular complexity index is 539. The summed E-state index contributed by atoms with van der Waals surface area (Å²) in [6, 6.07) is 7.41. The fourth-order valence-electron chi connectivity index (χ4n) is 2.58. The van der Waals surface area contributed by atoms with Gasteiger partial charge in [-0.3, -0.25) is 0 Å². The first-order valence-corrected chi connectivity index (χ1v) is 8.28. The highest BCUT2D eigenvalue weighted by Gasteiger charge is 2.38. The SMILES string of the molecule is CNC1c2ccccc2OCC1S(=O)(=O)CC(C)C. The summed E-state index contributed by atoms with van der Waals surface area (Å²) in [5.74, 6) is 1.10. The van der Waals surface area contributed by atoms with Crippen molar-refractivity contribution >= 4 is 9.84 Å². The van der Waals surface area contributed by atoms with Gasteiger partial charge in [0.05, 0.1) is 11.8 Å². The molecule has 0 fully saturated rings. The summed E-state index contributed by atoms with van der Waals surface area (Å²) in [7, 11) is -1.38. The summed E-state index contributed by atoms with van der Waals surface area (Å²) < 4.78 is 30.5. The molecular formula is C14H21NO3S. The van der Waals surface area contributed by atoms with Crippen LogP contribution >= 0.6 is 0 Å². The Hall–Kier alpha value is -1.07. The van der Waals surface area contributed by atoms with Gasteiger partial charge >= 0.3 is 0 Å². The van der Waals surface area contributed by atoms with Crippen LogP contribution in [0, 0.1) is 5.92 Å². The highest BCUT2D eigenvalue weighted by molar-refractivity contribution is 7.92. The third kappa shape index (κ3) is 2.92. The highest BCUT2D eigenvalue weighted by atomic mass is 32.2. The monoisotopic (exact) mass is 283 g/mol. The molecule has 0 aliphatic carbocycles. The third-order valence-corrected chi connectivity index (χ3v) is 5.83. The Morgan fingerprint density at radius 2 is 2.05 bits per heavy atom. The Morgan fingerprint density at radius 3 is 2.68 bits per heavy atom. The number of hydrogen-bond acceptors (Lipinski definition) is 4. The number of nitrogens with one attached hydrogen (secondary N) is 1. The molecule has 4 nitrogen and oxygen atoms in total. The van der Waals surface area contributed by atoms with Crippen molar-refractivity contribution in [3.63, 3.8) is 0 Å². The molecule has 5 heteroatoms. The number of benzene rings is 1. The van der Waals surface area contributed by atoms with Crippen LogP contribution < -0.4 is 10.1 Å². The number of para-hydroxylation sites is 1. The van der Waals surface area contributed by atoms with Crippen molar-refractivity contribution in [2.45, 2.75) is 25.1 Å². The van der Waals surface area contributed by atoms with E-state index in [-0.39, 0.29) is 24.3 Å². The van der Waals surface area contributed by atoms with E-state index in [4.69, 9.17) is 4.74 Å². The fraction of sp³-hybridized carbons (Fsp3) is 0.571. The molecule has 0 radical (unpaired) electrons. The van der Waals surface area contributed by atoms with Crippen LogP contribution in [0.15, 0.2) is 24.3 Å². The number of rotatable bonds is 4. The Morgan fingerprint density at radius 1 is 1.37 bits per heavy atom. The lowest BCUT2D eigenvalue weighted by Crippen LogP contribution is -2.44. The minimum atomic E-state index is -3.17. The van der Waals surface area contributed by atoms with E-state index in [1.807, 2.05) is 38.1 Å². The van der Waals surface area contributed by atoms with E-state index in [0.29, 0.717) is 0 Å². The van der Waals surface area contributed by atoms with E-state index in [2.05, 4.69) is 5.32 Å². The topological polar surface area (TPSA) is 55.4 Å². The van der Waals surface area contributed by atoms with Gasteiger partial charge in [-0.1, -0.05) is 32.0 Å². The van der Waals surface area contributed by atoms with Crippen molar-refractivity contribution in [1.29, 1.82) is 0 Å². The largest absolute Gasteiger partial charge is 0.492 e. The van der Waals surface area contributed by atoms with Gasteiger partial charge < -0.3 is 10.1 Å². The van der Waals surface area contributed by atoms with Crippen LogP contribution in [0.1, 0.15) is 25.5 Å². The molecule has 0 saturated carbocycles. The van der Waals surface area contributed by atoms with Gasteiger partial charge in [0.15, 0.2) is 9.84 Å². The van der Waals surface area contributed by atoms with Gasteiger partial charge in [-0.25, -0.2) is 8.42 Å². The molecule has 0 aromatic heterocycles. The minimum Gasteiger partial charge on any atom is -0.492 e. The van der Waals surface area contributed by atoms with Gasteiger partial charge in [-0.2, -0.15) is 0 Å². The fourth-order valence-corrected chi connectivity index (χ4v) is 4.73. The van der Waals surface area contributed by atoms with E-state index in [1.54, 1.807) is 7.05 Å². The summed E-state index contributed by atoms with van der Waals surface area (Å²) in [4.78, 5) is 0. The predicted octanol–water partition coefficient (Wildman–Crippen LogP) is 1.78. The quantitative estimate of drug-likeness (QED) is 0.915. The van der Waals surface area contributed by atoms with Crippen LogP contribution in [0.5, 0.6) is 5.75 Å². The number of ether oxygens (including phenoxy) is 1. The molecule has 2 rings (SSSR count). The molecule has 1 aliphatic rings. The molecule has 1 heterocycles. The summed E-state index contributed by atoms with van der Waals surface area (Å²) in [6.45, 7) is 4.06. The Balaban J connectivity index is 2.35. The van der Waals surface area contributed by atoms with Gasteiger partial charge in [-0.15, -0.1) is 0 Å². The lowest BCUT2D eigenvalue weighted by atomic mass is 10.0. The van der Waals surface area contributed by atoms with Crippen LogP contribution in [0.2, 0.25) is 0 Å². The van der Waals surface area contributed by atoms with Crippen LogP contribution in [0.25, 0.3) is 0 Å². The van der Waals surface area contributed by atoms with Gasteiger partial charge in [0.2, 0.25) is 0 Å². The van der Waals surface area contributed by atoms with Crippen molar-refractivity contribution in [3.05, 3.63) is 29.8 Å². The molecular weight excluding hydrogens is 262 g/mol. The maximum absolute atomic E-state index is 12.5. The number of hydrogen-bond donors (Lipinski definition) is 1. The normalized spacial score (nSPS) is 22.9. The van der Waals surface area contributed by atoms with Crippen LogP contribution in [-0.2, 0) is 9.84 Å². The van der Waals surface area contributed by atoms with Crippen molar-refractivity contribution in [1.82, 2.24) is 5.32 Å². The molecule has 1 aliphatic heterocycles. The van der Waals surface area contributed by atoms with Gasteiger partial charge in [0.1, 0.15) is 17.6 Å². The highest BCUT2D eigenvalue weighted by Crippen LogP contribution is 2.35. The molecule has 1 N–H and O–H groups in total. The third-order valence-electron chi connectivity index (χ3n) is 3.37. The zero-order valence-corrected chi connectivity index (χ0v) is 12.4. The maximum Gasteiger partial charge on any atom is 0.158 e. The molecule has 2 atom stereocenters. The zero-order chi connectivity index (χ0) is 14.0. The van der Waals surface area contributed by atoms with E-state index >= 15 is 0 Å². The standard InChI is InChI=1S/C14H21NO3S/c1-10(2)9-19(16,17)13-8-18-12-7-5-4-6-11(12)14(13)15-3/h4-7,10,13-15H,8-9H2,1-3H3. The summed E-state index contributed by atoms with van der Waals surface area (Å²) in [5, 5.41) is 2.61. The Labute approximate surface area is 115 Å². The average Bonchev–Trinajstić information content (AvgIpc) is 2.35. The second-order valence-corrected chi connectivity index (χ2v) is 7.64. The molecule has 0 spiro atoms. The lowest BCUT2D eigenvalue weighted by Gasteiger charge is -2.33. The van der Waals surface area contributed by atoms with Crippen molar-refractivity contribution < 1.29 is 13.2 Å². The average molecular weight is 283 g/mol. The molecule has 19 heavy (non-hydrogen) atoms. The van der Waals surface area contributed by atoms with Crippen molar-refractivity contribution in [2.24, 2.45) is 5.92 Å². The van der Waals surface area contributed by atoms with Crippen molar-refractivity contribution in [3.8, 4) is 5.75 Å². The van der Waals surface area contributed by atoms with Crippen LogP contribution in [-0.4, -0.2) is 33.1 Å². The smallest absolute Gasteiger partial charge is 0.158 e. The lowest BCUT2D eigenvalue weighted by molar-refractivity contribution is 0.258. The zero-order valence-electron chi connectivity index (χ0n) is 11.6. The molecule has 106 valence electrons. The van der Waals surface area contributed by atoms with Gasteiger partial charge in [-0.05, 0) is 19.0 Å². The Kier molecular flexibility index (Phi) is 4.16. The maximum atomic E-state index is 12.5. The first-order chi connectivity index (χ1) is 8.95.